The van der Waals surface area contributed by atoms with E-state index >= 15 is 0 Å². The lowest BCUT2D eigenvalue weighted by atomic mass is 10.2. The third kappa shape index (κ3) is 4.22. The summed E-state index contributed by atoms with van der Waals surface area (Å²) >= 11 is 4.95. The zero-order valence-electron chi connectivity index (χ0n) is 12.8. The minimum absolute atomic E-state index is 0.0320. The van der Waals surface area contributed by atoms with Gasteiger partial charge in [-0.3, -0.25) is 9.89 Å². The molecular weight excluding hydrogens is 342 g/mol. The van der Waals surface area contributed by atoms with E-state index in [0.717, 1.165) is 4.68 Å². The summed E-state index contributed by atoms with van der Waals surface area (Å²) in [6, 6.07) is 4.30. The van der Waals surface area contributed by atoms with Crippen LogP contribution in [0.4, 0.5) is 8.78 Å². The fraction of sp³-hybridized carbons (Fsp3) is 0.286. The van der Waals surface area contributed by atoms with Gasteiger partial charge < -0.3 is 9.47 Å². The van der Waals surface area contributed by atoms with E-state index in [-0.39, 0.29) is 28.6 Å². The molecule has 0 aliphatic rings. The Morgan fingerprint density at radius 1 is 1.46 bits per heavy atom. The number of aromatic nitrogens is 3. The number of ether oxygens (including phenoxy) is 2. The van der Waals surface area contributed by atoms with Crippen molar-refractivity contribution in [1.29, 1.82) is 0 Å². The molecule has 0 saturated heterocycles. The first-order valence-electron chi connectivity index (χ1n) is 6.86. The van der Waals surface area contributed by atoms with Gasteiger partial charge in [-0.1, -0.05) is 0 Å². The van der Waals surface area contributed by atoms with Gasteiger partial charge in [-0.2, -0.15) is 23.7 Å². The molecular formula is C14H14F2N4O3S. The van der Waals surface area contributed by atoms with Crippen LogP contribution in [0.5, 0.6) is 11.5 Å². The van der Waals surface area contributed by atoms with E-state index in [1.807, 2.05) is 0 Å². The van der Waals surface area contributed by atoms with E-state index in [4.69, 9.17) is 17.0 Å². The van der Waals surface area contributed by atoms with Crippen molar-refractivity contribution in [2.24, 2.45) is 5.10 Å². The lowest BCUT2D eigenvalue weighted by Crippen LogP contribution is -2.22. The molecule has 1 N–H and O–H groups in total. The molecule has 0 bridgehead atoms. The monoisotopic (exact) mass is 356 g/mol. The van der Waals surface area contributed by atoms with Crippen molar-refractivity contribution in [3.63, 3.8) is 0 Å². The summed E-state index contributed by atoms with van der Waals surface area (Å²) in [4.78, 5) is 11.9. The summed E-state index contributed by atoms with van der Waals surface area (Å²) in [5.41, 5.74) is 0.255. The molecule has 0 amide bonds. The molecule has 128 valence electrons. The second kappa shape index (κ2) is 7.77. The Hall–Kier alpha value is -2.62. The highest BCUT2D eigenvalue weighted by molar-refractivity contribution is 7.71. The number of H-pyrrole nitrogens is 1. The average Bonchev–Trinajstić information content (AvgIpc) is 2.53. The number of rotatable bonds is 6. The Balaban J connectivity index is 2.37. The van der Waals surface area contributed by atoms with Gasteiger partial charge in [-0.15, -0.1) is 0 Å². The van der Waals surface area contributed by atoms with Gasteiger partial charge in [-0.25, -0.2) is 0 Å². The smallest absolute Gasteiger partial charge is 0.387 e. The number of aryl methyl sites for hydroxylation is 1. The van der Waals surface area contributed by atoms with Crippen LogP contribution < -0.4 is 15.0 Å². The fourth-order valence-electron chi connectivity index (χ4n) is 1.77. The first-order chi connectivity index (χ1) is 11.4. The number of hydrogen-bond acceptors (Lipinski definition) is 6. The number of nitrogens with one attached hydrogen (secondary N) is 1. The van der Waals surface area contributed by atoms with Crippen LogP contribution in [0.1, 0.15) is 18.2 Å². The summed E-state index contributed by atoms with van der Waals surface area (Å²) in [5.74, 6) is 0.0587. The maximum atomic E-state index is 12.4. The minimum Gasteiger partial charge on any atom is -0.490 e. The molecule has 7 nitrogen and oxygen atoms in total. The lowest BCUT2D eigenvalue weighted by Gasteiger charge is -2.11. The molecule has 0 saturated carbocycles. The highest BCUT2D eigenvalue weighted by atomic mass is 32.1. The van der Waals surface area contributed by atoms with Crippen LogP contribution in [-0.2, 0) is 0 Å². The maximum absolute atomic E-state index is 12.4. The Bertz CT molecular complexity index is 864. The number of benzene rings is 1. The highest BCUT2D eigenvalue weighted by Gasteiger charge is 2.11. The van der Waals surface area contributed by atoms with Crippen molar-refractivity contribution in [3.8, 4) is 11.5 Å². The van der Waals surface area contributed by atoms with Crippen LogP contribution in [0, 0.1) is 11.7 Å². The highest BCUT2D eigenvalue weighted by Crippen LogP contribution is 2.29. The van der Waals surface area contributed by atoms with Crippen molar-refractivity contribution in [2.75, 3.05) is 6.61 Å². The van der Waals surface area contributed by atoms with Crippen molar-refractivity contribution >= 4 is 18.4 Å². The predicted molar refractivity (Wildman–Crippen MR) is 85.7 cm³/mol. The zero-order valence-corrected chi connectivity index (χ0v) is 13.6. The molecule has 1 aromatic carbocycles. The van der Waals surface area contributed by atoms with Gasteiger partial charge in [0.1, 0.15) is 5.69 Å². The molecule has 24 heavy (non-hydrogen) atoms. The predicted octanol–water partition coefficient (Wildman–Crippen LogP) is 2.49. The third-order valence-electron chi connectivity index (χ3n) is 2.82. The largest absolute Gasteiger partial charge is 0.490 e. The van der Waals surface area contributed by atoms with Gasteiger partial charge in [0.05, 0.1) is 12.8 Å². The van der Waals surface area contributed by atoms with Crippen molar-refractivity contribution in [2.45, 2.75) is 20.5 Å². The summed E-state index contributed by atoms with van der Waals surface area (Å²) in [6.07, 6.45) is 1.35. The number of aromatic amines is 1. The van der Waals surface area contributed by atoms with Crippen LogP contribution in [-0.4, -0.2) is 34.3 Å². The molecule has 0 aliphatic carbocycles. The van der Waals surface area contributed by atoms with E-state index in [9.17, 15) is 13.6 Å². The molecule has 10 heteroatoms. The van der Waals surface area contributed by atoms with Gasteiger partial charge in [0.15, 0.2) is 11.5 Å². The second-order valence-electron chi connectivity index (χ2n) is 4.49. The summed E-state index contributed by atoms with van der Waals surface area (Å²) in [7, 11) is 0. The molecule has 1 aromatic heterocycles. The van der Waals surface area contributed by atoms with Crippen LogP contribution in [0.25, 0.3) is 0 Å². The van der Waals surface area contributed by atoms with E-state index < -0.39 is 12.2 Å². The molecule has 0 atom stereocenters. The quantitative estimate of drug-likeness (QED) is 0.635. The average molecular weight is 356 g/mol. The normalized spacial score (nSPS) is 11.2. The van der Waals surface area contributed by atoms with Crippen molar-refractivity contribution in [1.82, 2.24) is 14.9 Å². The second-order valence-corrected chi connectivity index (χ2v) is 4.88. The summed E-state index contributed by atoms with van der Waals surface area (Å²) < 4.78 is 35.4. The molecule has 2 aromatic rings. The molecule has 1 heterocycles. The standard InChI is InChI=1S/C14H14F2N4O3S/c1-3-22-11-6-9(4-5-10(11)23-13(15)16)7-17-20-12(21)8(2)18-19-14(20)24/h4-7,13H,3H2,1-2H3,(H,19,24)/b17-7-. The lowest BCUT2D eigenvalue weighted by molar-refractivity contribution is -0.0514. The Labute approximate surface area is 140 Å². The molecule has 0 spiro atoms. The van der Waals surface area contributed by atoms with Gasteiger partial charge in [0.25, 0.3) is 5.56 Å². The van der Waals surface area contributed by atoms with Gasteiger partial charge in [0.2, 0.25) is 4.77 Å². The number of alkyl halides is 2. The third-order valence-corrected chi connectivity index (χ3v) is 3.08. The molecule has 0 fully saturated rings. The topological polar surface area (TPSA) is 81.5 Å². The van der Waals surface area contributed by atoms with Crippen LogP contribution in [0.2, 0.25) is 0 Å². The van der Waals surface area contributed by atoms with E-state index in [0.29, 0.717) is 5.56 Å². The Morgan fingerprint density at radius 3 is 2.88 bits per heavy atom. The summed E-state index contributed by atoms with van der Waals surface area (Å²) in [6.45, 7) is 0.545. The Morgan fingerprint density at radius 2 is 2.21 bits per heavy atom. The van der Waals surface area contributed by atoms with Gasteiger partial charge >= 0.3 is 6.61 Å². The first-order valence-corrected chi connectivity index (χ1v) is 7.27. The number of hydrogen-bond donors (Lipinski definition) is 1. The molecule has 0 unspecified atom stereocenters. The van der Waals surface area contributed by atoms with E-state index in [1.165, 1.54) is 31.3 Å². The SMILES string of the molecule is CCOc1cc(/C=N\n2c(=S)[nH]nc(C)c2=O)ccc1OC(F)F. The van der Waals surface area contributed by atoms with E-state index in [1.54, 1.807) is 6.92 Å². The van der Waals surface area contributed by atoms with Crippen LogP contribution in [0.15, 0.2) is 28.1 Å². The minimum atomic E-state index is -2.96. The van der Waals surface area contributed by atoms with Crippen LogP contribution in [0.3, 0.4) is 0 Å². The van der Waals surface area contributed by atoms with Gasteiger partial charge in [0, 0.05) is 0 Å². The van der Waals surface area contributed by atoms with Crippen molar-refractivity contribution in [3.05, 3.63) is 44.6 Å². The maximum Gasteiger partial charge on any atom is 0.387 e. The molecule has 0 radical (unpaired) electrons. The van der Waals surface area contributed by atoms with Crippen LogP contribution >= 0.6 is 12.2 Å². The van der Waals surface area contributed by atoms with E-state index in [2.05, 4.69) is 20.0 Å². The van der Waals surface area contributed by atoms with Gasteiger partial charge in [-0.05, 0) is 49.8 Å². The Kier molecular flexibility index (Phi) is 5.74. The number of halogens is 2. The molecule has 0 aliphatic heterocycles. The summed E-state index contributed by atoms with van der Waals surface area (Å²) in [5, 5.41) is 10.2. The number of nitrogens with zero attached hydrogens (tertiary/aromatic N) is 3. The zero-order chi connectivity index (χ0) is 17.7. The van der Waals surface area contributed by atoms with Crippen molar-refractivity contribution < 1.29 is 18.3 Å². The first kappa shape index (κ1) is 17.7. The fourth-order valence-corrected chi connectivity index (χ4v) is 1.94. The molecule has 2 rings (SSSR count).